The average Bonchev–Trinajstić information content (AvgIpc) is 2.72. The highest BCUT2D eigenvalue weighted by molar-refractivity contribution is 7.91. The molecule has 1 fully saturated rings. The summed E-state index contributed by atoms with van der Waals surface area (Å²) in [5.74, 6) is 0.979. The molecular formula is C19H22N6O3S. The number of nitrogens with one attached hydrogen (secondary N) is 2. The molecule has 0 spiro atoms. The Morgan fingerprint density at radius 1 is 1.38 bits per heavy atom. The number of fused-ring (bicyclic) bond motifs is 1. The number of hydrogen-bond acceptors (Lipinski definition) is 7. The molecule has 0 aliphatic carbocycles. The summed E-state index contributed by atoms with van der Waals surface area (Å²) in [4.78, 5) is 18.3. The molecule has 4 N–H and O–H groups in total. The van der Waals surface area contributed by atoms with E-state index in [1.165, 1.54) is 0 Å². The van der Waals surface area contributed by atoms with Gasteiger partial charge >= 0.3 is 6.03 Å². The molecule has 29 heavy (non-hydrogen) atoms. The second kappa shape index (κ2) is 8.58. The number of aromatic nitrogens is 1. The Bertz CT molecular complexity index is 910. The van der Waals surface area contributed by atoms with Crippen molar-refractivity contribution >= 4 is 34.8 Å². The number of amides is 2. The fraction of sp³-hybridized carbons (Fsp3) is 0.316. The zero-order valence-electron chi connectivity index (χ0n) is 15.7. The van der Waals surface area contributed by atoms with Crippen LogP contribution in [0.3, 0.4) is 0 Å². The molecule has 0 radical (unpaired) electrons. The second-order valence-electron chi connectivity index (χ2n) is 6.94. The minimum atomic E-state index is -1.57. The number of piperidine rings is 1. The van der Waals surface area contributed by atoms with Crippen LogP contribution in [0, 0.1) is 5.92 Å². The van der Waals surface area contributed by atoms with Crippen LogP contribution in [0.5, 0.6) is 5.75 Å². The van der Waals surface area contributed by atoms with Crippen molar-refractivity contribution in [1.29, 1.82) is 0 Å². The second-order valence-corrected chi connectivity index (χ2v) is 7.82. The van der Waals surface area contributed by atoms with E-state index in [9.17, 15) is 9.35 Å². The summed E-state index contributed by atoms with van der Waals surface area (Å²) in [6.07, 6.45) is 5.17. The van der Waals surface area contributed by atoms with E-state index in [0.717, 1.165) is 18.5 Å². The molecule has 9 nitrogen and oxygen atoms in total. The fourth-order valence-electron chi connectivity index (χ4n) is 3.48. The number of urea groups is 1. The van der Waals surface area contributed by atoms with Gasteiger partial charge in [0.05, 0.1) is 17.9 Å². The van der Waals surface area contributed by atoms with E-state index >= 15 is 0 Å². The summed E-state index contributed by atoms with van der Waals surface area (Å²) in [7, 11) is 0. The average molecular weight is 414 g/mol. The molecule has 152 valence electrons. The van der Waals surface area contributed by atoms with E-state index in [1.807, 2.05) is 12.1 Å². The zero-order chi connectivity index (χ0) is 20.2. The van der Waals surface area contributed by atoms with Crippen LogP contribution in [0.1, 0.15) is 18.4 Å². The van der Waals surface area contributed by atoms with Crippen LogP contribution in [0.15, 0.2) is 47.1 Å². The maximum absolute atomic E-state index is 12.5. The molecule has 2 aromatic rings. The van der Waals surface area contributed by atoms with Gasteiger partial charge in [0.2, 0.25) is 11.5 Å². The molecule has 0 bridgehead atoms. The quantitative estimate of drug-likeness (QED) is 0.658. The van der Waals surface area contributed by atoms with Gasteiger partial charge in [0.1, 0.15) is 5.75 Å². The number of nitrogens with zero attached hydrogens (tertiary/aromatic N) is 3. The van der Waals surface area contributed by atoms with Crippen molar-refractivity contribution in [2.75, 3.05) is 29.7 Å². The monoisotopic (exact) mass is 414 g/mol. The van der Waals surface area contributed by atoms with E-state index in [-0.39, 0.29) is 17.8 Å². The Morgan fingerprint density at radius 2 is 2.21 bits per heavy atom. The number of carbonyl (C=O) groups excluding carboxylic acids is 1. The predicted octanol–water partition coefficient (Wildman–Crippen LogP) is 2.11. The van der Waals surface area contributed by atoms with Gasteiger partial charge < -0.3 is 25.2 Å². The Labute approximate surface area is 171 Å². The van der Waals surface area contributed by atoms with Gasteiger partial charge in [0.15, 0.2) is 5.84 Å². The summed E-state index contributed by atoms with van der Waals surface area (Å²) in [6, 6.07) is 8.80. The summed E-state index contributed by atoms with van der Waals surface area (Å²) in [5.41, 5.74) is 7.93. The lowest BCUT2D eigenvalue weighted by molar-refractivity contribution is 0.145. The number of hydrogen-bond donors (Lipinski definition) is 3. The van der Waals surface area contributed by atoms with Gasteiger partial charge in [-0.3, -0.25) is 4.98 Å². The Kier molecular flexibility index (Phi) is 5.72. The molecule has 0 saturated carbocycles. The molecular weight excluding hydrogens is 392 g/mol. The predicted molar refractivity (Wildman–Crippen MR) is 112 cm³/mol. The van der Waals surface area contributed by atoms with E-state index < -0.39 is 11.5 Å². The van der Waals surface area contributed by atoms with Gasteiger partial charge in [-0.15, -0.1) is 0 Å². The largest absolute Gasteiger partial charge is 0.566 e. The number of benzene rings is 1. The van der Waals surface area contributed by atoms with Crippen LogP contribution >= 0.6 is 0 Å². The van der Waals surface area contributed by atoms with Gasteiger partial charge in [0.25, 0.3) is 0 Å². The third kappa shape index (κ3) is 4.54. The number of anilines is 2. The minimum absolute atomic E-state index is 0.124. The normalized spacial score (nSPS) is 20.9. The summed E-state index contributed by atoms with van der Waals surface area (Å²) in [6.45, 7) is 1.77. The molecule has 2 aliphatic heterocycles. The van der Waals surface area contributed by atoms with Crippen molar-refractivity contribution in [2.24, 2.45) is 16.0 Å². The van der Waals surface area contributed by atoms with Crippen LogP contribution in [-0.2, 0) is 11.5 Å². The van der Waals surface area contributed by atoms with Crippen LogP contribution in [-0.4, -0.2) is 46.0 Å². The van der Waals surface area contributed by atoms with E-state index in [0.29, 0.717) is 36.7 Å². The van der Waals surface area contributed by atoms with Crippen molar-refractivity contribution in [3.8, 4) is 5.75 Å². The first kappa shape index (κ1) is 19.3. The number of pyridine rings is 1. The van der Waals surface area contributed by atoms with Crippen molar-refractivity contribution in [3.05, 3.63) is 48.3 Å². The molecule has 2 amide bonds. The van der Waals surface area contributed by atoms with Crippen molar-refractivity contribution in [1.82, 2.24) is 9.88 Å². The number of rotatable bonds is 4. The van der Waals surface area contributed by atoms with Gasteiger partial charge in [-0.05, 0) is 41.5 Å². The molecule has 3 heterocycles. The van der Waals surface area contributed by atoms with Crippen LogP contribution in [0.2, 0.25) is 0 Å². The van der Waals surface area contributed by atoms with Crippen molar-refractivity contribution in [3.63, 3.8) is 0 Å². The highest BCUT2D eigenvalue weighted by atomic mass is 32.2. The van der Waals surface area contributed by atoms with Crippen molar-refractivity contribution in [2.45, 2.75) is 12.8 Å². The van der Waals surface area contributed by atoms with Crippen molar-refractivity contribution < 1.29 is 14.1 Å². The number of nitrogens with two attached hydrogens (primary N) is 1. The van der Waals surface area contributed by atoms with Crippen LogP contribution in [0.25, 0.3) is 0 Å². The number of amidine groups is 1. The third-order valence-corrected chi connectivity index (χ3v) is 5.63. The topological polar surface area (TPSA) is 128 Å². The smallest absolute Gasteiger partial charge is 0.321 e. The fourth-order valence-corrected chi connectivity index (χ4v) is 4.16. The maximum atomic E-state index is 12.5. The zero-order valence-corrected chi connectivity index (χ0v) is 16.5. The Hall–Kier alpha value is -2.98. The third-order valence-electron chi connectivity index (χ3n) is 4.87. The van der Waals surface area contributed by atoms with Crippen LogP contribution in [0.4, 0.5) is 16.2 Å². The first-order valence-electron chi connectivity index (χ1n) is 9.35. The molecule has 2 unspecified atom stereocenters. The Balaban J connectivity index is 1.37. The van der Waals surface area contributed by atoms with E-state index in [1.54, 1.807) is 35.5 Å². The number of ether oxygens (including phenoxy) is 1. The summed E-state index contributed by atoms with van der Waals surface area (Å²) < 4.78 is 24.3. The van der Waals surface area contributed by atoms with Gasteiger partial charge in [0, 0.05) is 37.1 Å². The molecule has 4 rings (SSSR count). The molecule has 2 atom stereocenters. The SMILES string of the molecule is NC1=N[S+]([O-])Nc2cccc(OCC3CCCN(C(=O)Nc4ccncc4)C3)c21. The van der Waals surface area contributed by atoms with Gasteiger partial charge in [-0.25, -0.2) is 4.79 Å². The van der Waals surface area contributed by atoms with E-state index in [2.05, 4.69) is 19.4 Å². The molecule has 10 heteroatoms. The van der Waals surface area contributed by atoms with E-state index in [4.69, 9.17) is 10.5 Å². The van der Waals surface area contributed by atoms with Gasteiger partial charge in [-0.2, -0.15) is 4.72 Å². The Morgan fingerprint density at radius 3 is 3.03 bits per heavy atom. The molecule has 2 aliphatic rings. The standard InChI is InChI=1S/C19H22N6O3S/c20-18-17-15(23-29(27)24-18)4-1-5-16(17)28-12-13-3-2-10-25(11-13)19(26)22-14-6-8-21-9-7-14/h1,4-9,13,23H,2-3,10-12H2,(H2,20,24)(H,21,22,26). The van der Waals surface area contributed by atoms with Gasteiger partial charge in [-0.1, -0.05) is 6.07 Å². The number of likely N-dealkylation sites (tertiary alicyclic amines) is 1. The summed E-state index contributed by atoms with van der Waals surface area (Å²) >= 11 is -1.57. The first-order chi connectivity index (χ1) is 14.1. The lowest BCUT2D eigenvalue weighted by Crippen LogP contribution is -2.43. The number of carbonyl (C=O) groups is 1. The highest BCUT2D eigenvalue weighted by Crippen LogP contribution is 2.31. The van der Waals surface area contributed by atoms with Crippen LogP contribution < -0.4 is 20.5 Å². The first-order valence-corrected chi connectivity index (χ1v) is 10.5. The maximum Gasteiger partial charge on any atom is 0.321 e. The summed E-state index contributed by atoms with van der Waals surface area (Å²) in [5, 5.41) is 2.89. The molecule has 1 aromatic heterocycles. The highest BCUT2D eigenvalue weighted by Gasteiger charge is 2.27. The molecule has 1 saturated heterocycles. The lowest BCUT2D eigenvalue weighted by Gasteiger charge is -2.32. The lowest BCUT2D eigenvalue weighted by atomic mass is 9.99. The minimum Gasteiger partial charge on any atom is -0.566 e. The molecule has 1 aromatic carbocycles.